The highest BCUT2D eigenvalue weighted by atomic mass is 79.9. The van der Waals surface area contributed by atoms with Crippen molar-refractivity contribution in [3.8, 4) is 0 Å². The van der Waals surface area contributed by atoms with Gasteiger partial charge in [-0.2, -0.15) is 0 Å². The van der Waals surface area contributed by atoms with Gasteiger partial charge in [0.2, 0.25) is 0 Å². The van der Waals surface area contributed by atoms with Gasteiger partial charge >= 0.3 is 0 Å². The van der Waals surface area contributed by atoms with Crippen molar-refractivity contribution in [3.05, 3.63) is 20.8 Å². The van der Waals surface area contributed by atoms with Gasteiger partial charge in [-0.25, -0.2) is 0 Å². The van der Waals surface area contributed by atoms with E-state index in [0.717, 1.165) is 28.9 Å². The van der Waals surface area contributed by atoms with Gasteiger partial charge in [-0.3, -0.25) is 4.79 Å². The molecule has 5 heteroatoms. The zero-order chi connectivity index (χ0) is 9.97. The van der Waals surface area contributed by atoms with E-state index in [-0.39, 0.29) is 5.91 Å². The molecule has 0 radical (unpaired) electrons. The molecule has 2 rings (SSSR count). The molecule has 0 saturated carbocycles. The molecule has 3 nitrogen and oxygen atoms in total. The van der Waals surface area contributed by atoms with Gasteiger partial charge in [-0.05, 0) is 35.0 Å². The first kappa shape index (κ1) is 10.1. The van der Waals surface area contributed by atoms with E-state index in [1.165, 1.54) is 11.3 Å². The van der Waals surface area contributed by atoms with Crippen LogP contribution in [0.3, 0.4) is 0 Å². The Morgan fingerprint density at radius 3 is 3.14 bits per heavy atom. The number of amides is 1. The molecular formula is C9H11BrN2OS. The van der Waals surface area contributed by atoms with Gasteiger partial charge in [0, 0.05) is 18.0 Å². The molecule has 0 aromatic carbocycles. The Bertz CT molecular complexity index is 333. The molecule has 1 aliphatic rings. The first-order valence-corrected chi connectivity index (χ1v) is 6.18. The molecule has 1 saturated heterocycles. The second kappa shape index (κ2) is 4.42. The average molecular weight is 275 g/mol. The molecule has 1 aliphatic heterocycles. The fourth-order valence-corrected chi connectivity index (χ4v) is 2.61. The van der Waals surface area contributed by atoms with Gasteiger partial charge in [0.15, 0.2) is 0 Å². The maximum atomic E-state index is 11.7. The summed E-state index contributed by atoms with van der Waals surface area (Å²) in [6, 6.07) is 2.14. The third-order valence-electron chi connectivity index (χ3n) is 2.23. The summed E-state index contributed by atoms with van der Waals surface area (Å²) in [6.45, 7) is 1.88. The number of hydrogen-bond donors (Lipinski definition) is 2. The summed E-state index contributed by atoms with van der Waals surface area (Å²) in [6.07, 6.45) is 1.02. The summed E-state index contributed by atoms with van der Waals surface area (Å²) >= 11 is 4.87. The lowest BCUT2D eigenvalue weighted by atomic mass is 10.2. The second-order valence-corrected chi connectivity index (χ2v) is 5.59. The molecule has 2 N–H and O–H groups in total. The van der Waals surface area contributed by atoms with Gasteiger partial charge in [-0.15, -0.1) is 11.3 Å². The monoisotopic (exact) mass is 274 g/mol. The smallest absolute Gasteiger partial charge is 0.252 e. The normalized spacial score (nSPS) is 21.1. The van der Waals surface area contributed by atoms with E-state index >= 15 is 0 Å². The predicted octanol–water partition coefficient (Wildman–Crippen LogP) is 1.60. The third-order valence-corrected chi connectivity index (χ3v) is 3.73. The molecule has 1 atom stereocenters. The van der Waals surface area contributed by atoms with Gasteiger partial charge in [0.05, 0.1) is 9.35 Å². The molecule has 0 bridgehead atoms. The fourth-order valence-electron chi connectivity index (χ4n) is 1.48. The Balaban J connectivity index is 1.95. The topological polar surface area (TPSA) is 41.1 Å². The van der Waals surface area contributed by atoms with Crippen molar-refractivity contribution in [2.45, 2.75) is 12.5 Å². The highest BCUT2D eigenvalue weighted by Crippen LogP contribution is 2.20. The highest BCUT2D eigenvalue weighted by Gasteiger charge is 2.17. The molecule has 1 aromatic rings. The van der Waals surface area contributed by atoms with E-state index in [9.17, 15) is 4.79 Å². The summed E-state index contributed by atoms with van der Waals surface area (Å²) in [5.41, 5.74) is 0.744. The summed E-state index contributed by atoms with van der Waals surface area (Å²) in [5, 5.41) is 8.07. The van der Waals surface area contributed by atoms with Crippen LogP contribution < -0.4 is 10.6 Å². The molecule has 1 unspecified atom stereocenters. The third kappa shape index (κ3) is 2.34. The van der Waals surface area contributed by atoms with Crippen LogP contribution in [0, 0.1) is 0 Å². The van der Waals surface area contributed by atoms with E-state index in [2.05, 4.69) is 26.6 Å². The minimum atomic E-state index is 0.0284. The van der Waals surface area contributed by atoms with Crippen LogP contribution in [0.2, 0.25) is 0 Å². The first-order valence-electron chi connectivity index (χ1n) is 4.51. The maximum absolute atomic E-state index is 11.7. The van der Waals surface area contributed by atoms with Crippen LogP contribution in [0.4, 0.5) is 0 Å². The predicted molar refractivity (Wildman–Crippen MR) is 60.8 cm³/mol. The minimum Gasteiger partial charge on any atom is -0.348 e. The van der Waals surface area contributed by atoms with Crippen molar-refractivity contribution >= 4 is 33.2 Å². The Morgan fingerprint density at radius 1 is 1.71 bits per heavy atom. The Morgan fingerprint density at radius 2 is 2.57 bits per heavy atom. The van der Waals surface area contributed by atoms with Crippen molar-refractivity contribution in [1.82, 2.24) is 10.6 Å². The lowest BCUT2D eigenvalue weighted by molar-refractivity contribution is 0.0940. The molecular weight excluding hydrogens is 264 g/mol. The van der Waals surface area contributed by atoms with Crippen molar-refractivity contribution in [1.29, 1.82) is 0 Å². The standard InChI is InChI=1S/C9H11BrN2OS/c10-8-3-6(5-14-8)9(13)12-7-1-2-11-4-7/h3,5,7,11H,1-2,4H2,(H,12,13). The minimum absolute atomic E-state index is 0.0284. The van der Waals surface area contributed by atoms with Crippen LogP contribution in [0.15, 0.2) is 15.2 Å². The van der Waals surface area contributed by atoms with E-state index in [4.69, 9.17) is 0 Å². The second-order valence-electron chi connectivity index (χ2n) is 3.30. The molecule has 1 aromatic heterocycles. The van der Waals surface area contributed by atoms with Crippen molar-refractivity contribution in [2.24, 2.45) is 0 Å². The van der Waals surface area contributed by atoms with Crippen LogP contribution >= 0.6 is 27.3 Å². The van der Waals surface area contributed by atoms with Crippen LogP contribution in [0.25, 0.3) is 0 Å². The summed E-state index contributed by atoms with van der Waals surface area (Å²) in [7, 11) is 0. The van der Waals surface area contributed by atoms with Crippen LogP contribution in [0.5, 0.6) is 0 Å². The van der Waals surface area contributed by atoms with E-state index in [0.29, 0.717) is 6.04 Å². The van der Waals surface area contributed by atoms with Crippen molar-refractivity contribution in [2.75, 3.05) is 13.1 Å². The first-order chi connectivity index (χ1) is 6.75. The van der Waals surface area contributed by atoms with Crippen LogP contribution in [0.1, 0.15) is 16.8 Å². The Hall–Kier alpha value is -0.390. The maximum Gasteiger partial charge on any atom is 0.252 e. The van der Waals surface area contributed by atoms with Gasteiger partial charge in [-0.1, -0.05) is 0 Å². The number of hydrogen-bond acceptors (Lipinski definition) is 3. The molecule has 1 amide bonds. The van der Waals surface area contributed by atoms with Gasteiger partial charge in [0.25, 0.3) is 5.91 Å². The number of carbonyl (C=O) groups excluding carboxylic acids is 1. The van der Waals surface area contributed by atoms with E-state index < -0.39 is 0 Å². The molecule has 2 heterocycles. The lowest BCUT2D eigenvalue weighted by Crippen LogP contribution is -2.35. The van der Waals surface area contributed by atoms with Crippen LogP contribution in [-0.2, 0) is 0 Å². The molecule has 0 aliphatic carbocycles. The fraction of sp³-hybridized carbons (Fsp3) is 0.444. The SMILES string of the molecule is O=C(NC1CCNC1)c1csc(Br)c1. The zero-order valence-corrected chi connectivity index (χ0v) is 9.95. The Labute approximate surface area is 95.0 Å². The zero-order valence-electron chi connectivity index (χ0n) is 7.55. The molecule has 14 heavy (non-hydrogen) atoms. The number of rotatable bonds is 2. The summed E-state index contributed by atoms with van der Waals surface area (Å²) < 4.78 is 0.993. The number of halogens is 1. The van der Waals surface area contributed by atoms with E-state index in [1.54, 1.807) is 0 Å². The molecule has 76 valence electrons. The molecule has 1 fully saturated rings. The number of thiophene rings is 1. The van der Waals surface area contributed by atoms with Crippen molar-refractivity contribution in [3.63, 3.8) is 0 Å². The van der Waals surface area contributed by atoms with Crippen LogP contribution in [-0.4, -0.2) is 25.0 Å². The summed E-state index contributed by atoms with van der Waals surface area (Å²) in [4.78, 5) is 11.7. The Kier molecular flexibility index (Phi) is 3.20. The van der Waals surface area contributed by atoms with Gasteiger partial charge in [0.1, 0.15) is 0 Å². The largest absolute Gasteiger partial charge is 0.348 e. The van der Waals surface area contributed by atoms with Gasteiger partial charge < -0.3 is 10.6 Å². The lowest BCUT2D eigenvalue weighted by Gasteiger charge is -2.09. The number of carbonyl (C=O) groups is 1. The highest BCUT2D eigenvalue weighted by molar-refractivity contribution is 9.11. The number of nitrogens with one attached hydrogen (secondary N) is 2. The quantitative estimate of drug-likeness (QED) is 0.860. The summed E-state index contributed by atoms with van der Waals surface area (Å²) in [5.74, 6) is 0.0284. The average Bonchev–Trinajstić information content (AvgIpc) is 2.75. The van der Waals surface area contributed by atoms with E-state index in [1.807, 2.05) is 11.4 Å². The molecule has 0 spiro atoms. The van der Waals surface area contributed by atoms with Crippen molar-refractivity contribution < 1.29 is 4.79 Å².